The van der Waals surface area contributed by atoms with E-state index in [0.717, 1.165) is 19.6 Å². The molecule has 2 aliphatic rings. The molecule has 0 amide bonds. The summed E-state index contributed by atoms with van der Waals surface area (Å²) in [5, 5.41) is 3.33. The largest absolute Gasteiger partial charge is 0.316 e. The maximum Gasteiger partial charge on any atom is 0.0775 e. The van der Waals surface area contributed by atoms with Crippen LogP contribution in [0.15, 0.2) is 22.3 Å². The second kappa shape index (κ2) is 3.63. The number of hydrogen-bond acceptors (Lipinski definition) is 3. The van der Waals surface area contributed by atoms with Crippen LogP contribution in [-0.2, 0) is 0 Å². The minimum Gasteiger partial charge on any atom is -0.316 e. The van der Waals surface area contributed by atoms with Crippen molar-refractivity contribution in [3.63, 3.8) is 0 Å². The number of hydrogen-bond donors (Lipinski definition) is 1. The Balaban J connectivity index is 2.06. The highest BCUT2D eigenvalue weighted by Crippen LogP contribution is 2.11. The van der Waals surface area contributed by atoms with E-state index < -0.39 is 0 Å². The van der Waals surface area contributed by atoms with Crippen LogP contribution in [0.25, 0.3) is 0 Å². The van der Waals surface area contributed by atoms with E-state index in [1.54, 1.807) is 0 Å². The number of allylic oxidation sites excluding steroid dienone is 1. The monoisotopic (exact) mass is 163 g/mol. The third-order valence-electron chi connectivity index (χ3n) is 2.30. The minimum atomic E-state index is 0.616. The predicted molar refractivity (Wildman–Crippen MR) is 50.9 cm³/mol. The van der Waals surface area contributed by atoms with Crippen molar-refractivity contribution in [2.24, 2.45) is 15.9 Å². The molecule has 2 rings (SSSR count). The maximum atomic E-state index is 4.38. The van der Waals surface area contributed by atoms with Gasteiger partial charge in [0.1, 0.15) is 0 Å². The molecule has 0 spiro atoms. The van der Waals surface area contributed by atoms with Crippen molar-refractivity contribution in [1.82, 2.24) is 5.32 Å². The van der Waals surface area contributed by atoms with Crippen LogP contribution in [-0.4, -0.2) is 31.6 Å². The molecule has 3 heteroatoms. The molecule has 0 saturated carbocycles. The Bertz CT molecular complexity index is 234. The van der Waals surface area contributed by atoms with Crippen LogP contribution in [0, 0.1) is 5.92 Å². The van der Waals surface area contributed by atoms with E-state index in [1.165, 1.54) is 12.1 Å². The number of aliphatic imine (C=N–C) groups is 2. The van der Waals surface area contributed by atoms with Gasteiger partial charge in [0.15, 0.2) is 0 Å². The summed E-state index contributed by atoms with van der Waals surface area (Å²) >= 11 is 0. The quantitative estimate of drug-likeness (QED) is 0.605. The summed E-state index contributed by atoms with van der Waals surface area (Å²) in [5.41, 5.74) is 1.23. The van der Waals surface area contributed by atoms with E-state index >= 15 is 0 Å². The van der Waals surface area contributed by atoms with Crippen molar-refractivity contribution in [2.75, 3.05) is 19.6 Å². The lowest BCUT2D eigenvalue weighted by Crippen LogP contribution is -2.19. The molecule has 1 saturated heterocycles. The van der Waals surface area contributed by atoms with Crippen molar-refractivity contribution in [3.05, 3.63) is 12.3 Å². The Labute approximate surface area is 72.3 Å². The van der Waals surface area contributed by atoms with Gasteiger partial charge in [0.25, 0.3) is 0 Å². The van der Waals surface area contributed by atoms with Crippen LogP contribution in [0.1, 0.15) is 6.42 Å². The second-order valence-corrected chi connectivity index (χ2v) is 3.14. The Hall–Kier alpha value is -0.960. The molecule has 1 N–H and O–H groups in total. The predicted octanol–water partition coefficient (Wildman–Crippen LogP) is 0.635. The molecule has 0 radical (unpaired) electrons. The third kappa shape index (κ3) is 1.61. The Kier molecular flexibility index (Phi) is 2.32. The van der Waals surface area contributed by atoms with Gasteiger partial charge in [0.05, 0.1) is 6.54 Å². The van der Waals surface area contributed by atoms with Crippen molar-refractivity contribution in [3.8, 4) is 0 Å². The fraction of sp³-hybridized carbons (Fsp3) is 0.556. The van der Waals surface area contributed by atoms with Gasteiger partial charge >= 0.3 is 0 Å². The summed E-state index contributed by atoms with van der Waals surface area (Å²) in [6.45, 7) is 2.97. The zero-order valence-corrected chi connectivity index (χ0v) is 7.03. The summed E-state index contributed by atoms with van der Waals surface area (Å²) < 4.78 is 0. The first-order valence-corrected chi connectivity index (χ1v) is 4.39. The smallest absolute Gasteiger partial charge is 0.0775 e. The van der Waals surface area contributed by atoms with Crippen LogP contribution in [0.4, 0.5) is 0 Å². The fourth-order valence-corrected chi connectivity index (χ4v) is 1.60. The highest BCUT2D eigenvalue weighted by Gasteiger charge is 2.19. The van der Waals surface area contributed by atoms with Gasteiger partial charge in [-0.15, -0.1) is 0 Å². The number of nitrogens with zero attached hydrogens (tertiary/aromatic N) is 2. The molecule has 2 aliphatic heterocycles. The van der Waals surface area contributed by atoms with E-state index in [9.17, 15) is 0 Å². The average Bonchev–Trinajstić information content (AvgIpc) is 2.48. The molecule has 1 fully saturated rings. The van der Waals surface area contributed by atoms with Crippen LogP contribution in [0.2, 0.25) is 0 Å². The van der Waals surface area contributed by atoms with Gasteiger partial charge in [-0.3, -0.25) is 9.98 Å². The van der Waals surface area contributed by atoms with Gasteiger partial charge in [0.2, 0.25) is 0 Å². The highest BCUT2D eigenvalue weighted by atomic mass is 14.9. The Morgan fingerprint density at radius 3 is 3.33 bits per heavy atom. The van der Waals surface area contributed by atoms with Crippen LogP contribution >= 0.6 is 0 Å². The van der Waals surface area contributed by atoms with Gasteiger partial charge in [-0.05, 0) is 19.0 Å². The molecule has 0 aromatic heterocycles. The van der Waals surface area contributed by atoms with Gasteiger partial charge in [0, 0.05) is 30.6 Å². The van der Waals surface area contributed by atoms with E-state index in [-0.39, 0.29) is 0 Å². The molecule has 1 atom stereocenters. The van der Waals surface area contributed by atoms with Gasteiger partial charge in [-0.2, -0.15) is 0 Å². The standard InChI is InChI=1S/C9H13N3/c1-3-10-7-9(12-4-1)8-2-5-11-6-8/h1,3-4,8,11H,2,5-7H2. The maximum absolute atomic E-state index is 4.38. The lowest BCUT2D eigenvalue weighted by Gasteiger charge is -2.08. The molecule has 0 aliphatic carbocycles. The first kappa shape index (κ1) is 7.68. The number of nitrogens with one attached hydrogen (secondary N) is 1. The summed E-state index contributed by atoms with van der Waals surface area (Å²) in [5.74, 6) is 0.616. The Morgan fingerprint density at radius 1 is 1.50 bits per heavy atom. The molecule has 12 heavy (non-hydrogen) atoms. The molecule has 0 aromatic rings. The average molecular weight is 163 g/mol. The summed E-state index contributed by atoms with van der Waals surface area (Å²) in [6, 6.07) is 0. The van der Waals surface area contributed by atoms with Crippen molar-refractivity contribution in [1.29, 1.82) is 0 Å². The molecule has 1 unspecified atom stereocenters. The highest BCUT2D eigenvalue weighted by molar-refractivity contribution is 5.92. The zero-order valence-electron chi connectivity index (χ0n) is 7.03. The molecule has 0 aromatic carbocycles. The van der Waals surface area contributed by atoms with Gasteiger partial charge < -0.3 is 5.32 Å². The lowest BCUT2D eigenvalue weighted by atomic mass is 10.0. The third-order valence-corrected chi connectivity index (χ3v) is 2.30. The number of rotatable bonds is 1. The molecule has 0 bridgehead atoms. The van der Waals surface area contributed by atoms with E-state index in [2.05, 4.69) is 15.3 Å². The van der Waals surface area contributed by atoms with Crippen molar-refractivity contribution in [2.45, 2.75) is 6.42 Å². The van der Waals surface area contributed by atoms with E-state index in [0.29, 0.717) is 5.92 Å². The Morgan fingerprint density at radius 2 is 2.50 bits per heavy atom. The van der Waals surface area contributed by atoms with Crippen LogP contribution in [0.3, 0.4) is 0 Å². The van der Waals surface area contributed by atoms with E-state index in [4.69, 9.17) is 0 Å². The molecular formula is C9H13N3. The molecule has 3 nitrogen and oxygen atoms in total. The normalized spacial score (nSPS) is 28.7. The molecule has 2 heterocycles. The van der Waals surface area contributed by atoms with Crippen molar-refractivity contribution >= 4 is 11.9 Å². The first-order valence-electron chi connectivity index (χ1n) is 4.39. The van der Waals surface area contributed by atoms with Crippen LogP contribution < -0.4 is 5.32 Å². The topological polar surface area (TPSA) is 36.8 Å². The van der Waals surface area contributed by atoms with E-state index in [1.807, 2.05) is 18.5 Å². The minimum absolute atomic E-state index is 0.616. The second-order valence-electron chi connectivity index (χ2n) is 3.14. The van der Waals surface area contributed by atoms with Crippen LogP contribution in [0.5, 0.6) is 0 Å². The fourth-order valence-electron chi connectivity index (χ4n) is 1.60. The lowest BCUT2D eigenvalue weighted by molar-refractivity contribution is 0.760. The first-order chi connectivity index (χ1) is 5.97. The van der Waals surface area contributed by atoms with Gasteiger partial charge in [-0.1, -0.05) is 0 Å². The van der Waals surface area contributed by atoms with Gasteiger partial charge in [-0.25, -0.2) is 0 Å². The summed E-state index contributed by atoms with van der Waals surface area (Å²) in [4.78, 5) is 8.60. The summed E-state index contributed by atoms with van der Waals surface area (Å²) in [7, 11) is 0. The zero-order chi connectivity index (χ0) is 8.23. The summed E-state index contributed by atoms with van der Waals surface area (Å²) in [6.07, 6.45) is 6.75. The van der Waals surface area contributed by atoms with Crippen molar-refractivity contribution < 1.29 is 0 Å². The SMILES string of the molecule is C1=CN=C(C2CCNC2)CN=C1. The molecule has 64 valence electrons. The molecular weight excluding hydrogens is 150 g/mol.